The number of halogens is 1. The molecule has 100 valence electrons. The van der Waals surface area contributed by atoms with Crippen LogP contribution in [0.25, 0.3) is 0 Å². The highest BCUT2D eigenvalue weighted by Gasteiger charge is 2.24. The number of likely N-dealkylation sites (tertiary alicyclic amines) is 1. The SMILES string of the molecule is CCC1CN(CCOc2cc(C)c(C)c(F)c2)C1. The van der Waals surface area contributed by atoms with Gasteiger partial charge in [0.1, 0.15) is 18.2 Å². The molecule has 1 aliphatic rings. The van der Waals surface area contributed by atoms with Crippen molar-refractivity contribution in [1.29, 1.82) is 0 Å². The van der Waals surface area contributed by atoms with E-state index in [0.717, 1.165) is 18.0 Å². The van der Waals surface area contributed by atoms with Gasteiger partial charge in [0, 0.05) is 25.7 Å². The van der Waals surface area contributed by atoms with Gasteiger partial charge in [0.15, 0.2) is 0 Å². The Balaban J connectivity index is 1.77. The minimum Gasteiger partial charge on any atom is -0.492 e. The Labute approximate surface area is 109 Å². The molecular weight excluding hydrogens is 229 g/mol. The van der Waals surface area contributed by atoms with Crippen LogP contribution >= 0.6 is 0 Å². The molecule has 0 N–H and O–H groups in total. The van der Waals surface area contributed by atoms with E-state index in [2.05, 4.69) is 11.8 Å². The predicted octanol–water partition coefficient (Wildman–Crippen LogP) is 3.16. The molecule has 1 aliphatic heterocycles. The molecule has 0 radical (unpaired) electrons. The van der Waals surface area contributed by atoms with Crippen LogP contribution in [0.5, 0.6) is 5.75 Å². The second kappa shape index (κ2) is 5.70. The van der Waals surface area contributed by atoms with Gasteiger partial charge >= 0.3 is 0 Å². The van der Waals surface area contributed by atoms with Crippen molar-refractivity contribution in [3.8, 4) is 5.75 Å². The molecule has 0 spiro atoms. The van der Waals surface area contributed by atoms with Crippen molar-refractivity contribution >= 4 is 0 Å². The largest absolute Gasteiger partial charge is 0.492 e. The minimum atomic E-state index is -0.181. The summed E-state index contributed by atoms with van der Waals surface area (Å²) in [6, 6.07) is 3.39. The topological polar surface area (TPSA) is 12.5 Å². The standard InChI is InChI=1S/C15H22FNO/c1-4-13-9-17(10-13)5-6-18-14-7-11(2)12(3)15(16)8-14/h7-8,13H,4-6,9-10H2,1-3H3. The zero-order valence-electron chi connectivity index (χ0n) is 11.5. The molecule has 2 rings (SSSR count). The maximum absolute atomic E-state index is 13.5. The van der Waals surface area contributed by atoms with Gasteiger partial charge in [-0.3, -0.25) is 4.90 Å². The van der Waals surface area contributed by atoms with E-state index in [9.17, 15) is 4.39 Å². The number of ether oxygens (including phenoxy) is 1. The summed E-state index contributed by atoms with van der Waals surface area (Å²) in [7, 11) is 0. The molecule has 1 aromatic rings. The van der Waals surface area contributed by atoms with E-state index >= 15 is 0 Å². The molecule has 0 amide bonds. The summed E-state index contributed by atoms with van der Waals surface area (Å²) in [4.78, 5) is 2.38. The Hall–Kier alpha value is -1.09. The average Bonchev–Trinajstić information content (AvgIpc) is 2.28. The molecule has 1 aromatic carbocycles. The van der Waals surface area contributed by atoms with Crippen molar-refractivity contribution in [2.45, 2.75) is 27.2 Å². The summed E-state index contributed by atoms with van der Waals surface area (Å²) in [6.07, 6.45) is 1.26. The second-order valence-electron chi connectivity index (χ2n) is 5.23. The lowest BCUT2D eigenvalue weighted by molar-refractivity contribution is 0.0805. The number of hydrogen-bond donors (Lipinski definition) is 0. The van der Waals surface area contributed by atoms with Gasteiger partial charge in [0.05, 0.1) is 0 Å². The smallest absolute Gasteiger partial charge is 0.130 e. The highest BCUT2D eigenvalue weighted by Crippen LogP contribution is 2.21. The lowest BCUT2D eigenvalue weighted by Crippen LogP contribution is -2.47. The summed E-state index contributed by atoms with van der Waals surface area (Å²) in [5, 5.41) is 0. The molecule has 2 nitrogen and oxygen atoms in total. The second-order valence-corrected chi connectivity index (χ2v) is 5.23. The van der Waals surface area contributed by atoms with Crippen LogP contribution in [0.1, 0.15) is 24.5 Å². The maximum atomic E-state index is 13.5. The van der Waals surface area contributed by atoms with E-state index in [-0.39, 0.29) is 5.82 Å². The van der Waals surface area contributed by atoms with Crippen molar-refractivity contribution in [1.82, 2.24) is 4.90 Å². The molecule has 0 saturated carbocycles. The molecular formula is C15H22FNO. The molecule has 1 heterocycles. The van der Waals surface area contributed by atoms with Crippen LogP contribution in [0.2, 0.25) is 0 Å². The van der Waals surface area contributed by atoms with Gasteiger partial charge < -0.3 is 4.74 Å². The third-order valence-corrected chi connectivity index (χ3v) is 3.86. The highest BCUT2D eigenvalue weighted by atomic mass is 19.1. The number of hydrogen-bond acceptors (Lipinski definition) is 2. The highest BCUT2D eigenvalue weighted by molar-refractivity contribution is 5.35. The Morgan fingerprint density at radius 2 is 2.06 bits per heavy atom. The van der Waals surface area contributed by atoms with E-state index < -0.39 is 0 Å². The number of aryl methyl sites for hydroxylation is 1. The van der Waals surface area contributed by atoms with Crippen LogP contribution in [0, 0.1) is 25.6 Å². The van der Waals surface area contributed by atoms with Gasteiger partial charge in [-0.05, 0) is 37.0 Å². The lowest BCUT2D eigenvalue weighted by Gasteiger charge is -2.38. The fourth-order valence-electron chi connectivity index (χ4n) is 2.28. The molecule has 1 saturated heterocycles. The zero-order valence-corrected chi connectivity index (χ0v) is 11.5. The van der Waals surface area contributed by atoms with Gasteiger partial charge in [0.2, 0.25) is 0 Å². The molecule has 0 aromatic heterocycles. The van der Waals surface area contributed by atoms with Crippen molar-refractivity contribution in [3.05, 3.63) is 29.1 Å². The lowest BCUT2D eigenvalue weighted by atomic mass is 9.98. The van der Waals surface area contributed by atoms with E-state index in [1.54, 1.807) is 6.92 Å². The zero-order chi connectivity index (χ0) is 13.1. The first-order chi connectivity index (χ1) is 8.60. The van der Waals surface area contributed by atoms with Crippen molar-refractivity contribution in [2.24, 2.45) is 5.92 Å². The van der Waals surface area contributed by atoms with E-state index in [0.29, 0.717) is 17.9 Å². The fraction of sp³-hybridized carbons (Fsp3) is 0.600. The number of rotatable bonds is 5. The fourth-order valence-corrected chi connectivity index (χ4v) is 2.28. The van der Waals surface area contributed by atoms with Crippen LogP contribution in [0.3, 0.4) is 0 Å². The van der Waals surface area contributed by atoms with Crippen LogP contribution in [0.15, 0.2) is 12.1 Å². The van der Waals surface area contributed by atoms with Gasteiger partial charge in [-0.2, -0.15) is 0 Å². The predicted molar refractivity (Wildman–Crippen MR) is 71.6 cm³/mol. The molecule has 18 heavy (non-hydrogen) atoms. The van der Waals surface area contributed by atoms with Gasteiger partial charge in [-0.15, -0.1) is 0 Å². The number of benzene rings is 1. The molecule has 1 fully saturated rings. The van der Waals surface area contributed by atoms with Crippen molar-refractivity contribution < 1.29 is 9.13 Å². The summed E-state index contributed by atoms with van der Waals surface area (Å²) in [6.45, 7) is 9.87. The van der Waals surface area contributed by atoms with Gasteiger partial charge in [-0.25, -0.2) is 4.39 Å². The number of nitrogens with zero attached hydrogens (tertiary/aromatic N) is 1. The Bertz CT molecular complexity index is 390. The first-order valence-corrected chi connectivity index (χ1v) is 6.72. The third-order valence-electron chi connectivity index (χ3n) is 3.86. The molecule has 0 atom stereocenters. The summed E-state index contributed by atoms with van der Waals surface area (Å²) >= 11 is 0. The van der Waals surface area contributed by atoms with Crippen LogP contribution in [-0.4, -0.2) is 31.1 Å². The van der Waals surface area contributed by atoms with Gasteiger partial charge in [0.25, 0.3) is 0 Å². The van der Waals surface area contributed by atoms with E-state index in [1.807, 2.05) is 13.0 Å². The Morgan fingerprint density at radius 3 is 2.67 bits per heavy atom. The summed E-state index contributed by atoms with van der Waals surface area (Å²) in [5.74, 6) is 1.33. The third kappa shape index (κ3) is 3.02. The van der Waals surface area contributed by atoms with Crippen LogP contribution in [-0.2, 0) is 0 Å². The molecule has 0 bridgehead atoms. The van der Waals surface area contributed by atoms with Gasteiger partial charge in [-0.1, -0.05) is 13.3 Å². The maximum Gasteiger partial charge on any atom is 0.130 e. The average molecular weight is 251 g/mol. The Kier molecular flexibility index (Phi) is 4.23. The minimum absolute atomic E-state index is 0.181. The summed E-state index contributed by atoms with van der Waals surface area (Å²) in [5.41, 5.74) is 1.65. The first-order valence-electron chi connectivity index (χ1n) is 6.72. The molecule has 0 aliphatic carbocycles. The van der Waals surface area contributed by atoms with E-state index in [4.69, 9.17) is 4.74 Å². The monoisotopic (exact) mass is 251 g/mol. The molecule has 3 heteroatoms. The van der Waals surface area contributed by atoms with Crippen LogP contribution < -0.4 is 4.74 Å². The normalized spacial score (nSPS) is 16.7. The first kappa shape index (κ1) is 13.3. The Morgan fingerprint density at radius 1 is 1.33 bits per heavy atom. The quantitative estimate of drug-likeness (QED) is 0.797. The summed E-state index contributed by atoms with van der Waals surface area (Å²) < 4.78 is 19.1. The van der Waals surface area contributed by atoms with Crippen molar-refractivity contribution in [3.63, 3.8) is 0 Å². The molecule has 0 unspecified atom stereocenters. The van der Waals surface area contributed by atoms with E-state index in [1.165, 1.54) is 25.6 Å². The van der Waals surface area contributed by atoms with Crippen molar-refractivity contribution in [2.75, 3.05) is 26.2 Å². The van der Waals surface area contributed by atoms with Crippen LogP contribution in [0.4, 0.5) is 4.39 Å².